The molecule has 8 nitrogen and oxygen atoms in total. The first kappa shape index (κ1) is 22.3. The third-order valence-corrected chi connectivity index (χ3v) is 5.18. The molecule has 168 valence electrons. The van der Waals surface area contributed by atoms with Gasteiger partial charge in [-0.15, -0.1) is 0 Å². The van der Waals surface area contributed by atoms with Crippen molar-refractivity contribution in [3.63, 3.8) is 0 Å². The number of rotatable bonds is 8. The molecule has 33 heavy (non-hydrogen) atoms. The third-order valence-electron chi connectivity index (χ3n) is 4.69. The Balaban J connectivity index is 1.42. The van der Waals surface area contributed by atoms with E-state index < -0.39 is 5.91 Å². The fourth-order valence-corrected chi connectivity index (χ4v) is 3.51. The number of carbonyl (C=O) groups is 2. The second-order valence-electron chi connectivity index (χ2n) is 7.23. The predicted molar refractivity (Wildman–Crippen MR) is 126 cm³/mol. The largest absolute Gasteiger partial charge is 0.489 e. The molecule has 0 aliphatic heterocycles. The molecule has 2 N–H and O–H groups in total. The average Bonchev–Trinajstić information content (AvgIpc) is 3.46. The van der Waals surface area contributed by atoms with E-state index >= 15 is 0 Å². The maximum Gasteiger partial charge on any atom is 0.274 e. The second-order valence-corrected chi connectivity index (χ2v) is 8.14. The van der Waals surface area contributed by atoms with Crippen LogP contribution in [0.3, 0.4) is 0 Å². The summed E-state index contributed by atoms with van der Waals surface area (Å²) in [5, 5.41) is 9.69. The molecule has 0 saturated heterocycles. The van der Waals surface area contributed by atoms with Gasteiger partial charge in [0.1, 0.15) is 18.1 Å². The van der Waals surface area contributed by atoms with Crippen molar-refractivity contribution in [2.45, 2.75) is 13.2 Å². The number of anilines is 1. The zero-order chi connectivity index (χ0) is 23.2. The van der Waals surface area contributed by atoms with Crippen molar-refractivity contribution in [2.75, 3.05) is 5.32 Å². The van der Waals surface area contributed by atoms with E-state index in [4.69, 9.17) is 9.15 Å². The molecule has 0 fully saturated rings. The van der Waals surface area contributed by atoms with Gasteiger partial charge < -0.3 is 19.8 Å². The lowest BCUT2D eigenvalue weighted by Crippen LogP contribution is -2.25. The quantitative estimate of drug-likeness (QED) is 0.364. The number of aromatic nitrogens is 2. The summed E-state index contributed by atoms with van der Waals surface area (Å²) in [6, 6.07) is 18.2. The van der Waals surface area contributed by atoms with Gasteiger partial charge in [-0.05, 0) is 48.0 Å². The summed E-state index contributed by atoms with van der Waals surface area (Å²) in [6.07, 6.45) is 3.12. The number of hydrogen-bond acceptors (Lipinski definition) is 5. The van der Waals surface area contributed by atoms with Gasteiger partial charge in [0.15, 0.2) is 5.69 Å². The van der Waals surface area contributed by atoms with E-state index in [1.807, 2.05) is 30.3 Å². The maximum atomic E-state index is 12.9. The van der Waals surface area contributed by atoms with Crippen molar-refractivity contribution in [1.29, 1.82) is 0 Å². The van der Waals surface area contributed by atoms with Crippen LogP contribution in [-0.4, -0.2) is 21.6 Å². The van der Waals surface area contributed by atoms with Crippen LogP contribution in [0.5, 0.6) is 5.75 Å². The fourth-order valence-electron chi connectivity index (χ4n) is 3.13. The van der Waals surface area contributed by atoms with Crippen LogP contribution >= 0.6 is 15.9 Å². The standard InChI is InChI=1S/C24H21BrN4O4/c1-29-14-21(22(28-29)24(31)26-13-20-9-4-10-32-20)27-23(30)17-6-2-5-16(11-17)15-33-19-8-3-7-18(25)12-19/h2-12,14H,13,15H2,1H3,(H,26,31)(H,27,30). The Kier molecular flexibility index (Phi) is 6.89. The number of ether oxygens (including phenoxy) is 1. The first-order chi connectivity index (χ1) is 16.0. The first-order valence-corrected chi connectivity index (χ1v) is 10.9. The number of carbonyl (C=O) groups excluding carboxylic acids is 2. The van der Waals surface area contributed by atoms with Crippen LogP contribution in [0.4, 0.5) is 5.69 Å². The SMILES string of the molecule is Cn1cc(NC(=O)c2cccc(COc3cccc(Br)c3)c2)c(C(=O)NCc2ccco2)n1. The van der Waals surface area contributed by atoms with Crippen molar-refractivity contribution >= 4 is 33.4 Å². The molecule has 2 amide bonds. The Bertz CT molecular complexity index is 1270. The lowest BCUT2D eigenvalue weighted by molar-refractivity contribution is 0.0943. The van der Waals surface area contributed by atoms with Gasteiger partial charge in [-0.25, -0.2) is 0 Å². The van der Waals surface area contributed by atoms with Gasteiger partial charge in [0.25, 0.3) is 11.8 Å². The third kappa shape index (κ3) is 5.89. The van der Waals surface area contributed by atoms with E-state index in [9.17, 15) is 9.59 Å². The molecular weight excluding hydrogens is 488 g/mol. The van der Waals surface area contributed by atoms with Crippen molar-refractivity contribution in [2.24, 2.45) is 7.05 Å². The minimum absolute atomic E-state index is 0.117. The molecule has 2 heterocycles. The van der Waals surface area contributed by atoms with Gasteiger partial charge in [-0.2, -0.15) is 5.10 Å². The number of nitrogens with zero attached hydrogens (tertiary/aromatic N) is 2. The molecule has 0 radical (unpaired) electrons. The minimum atomic E-state index is -0.418. The molecule has 0 aliphatic carbocycles. The summed E-state index contributed by atoms with van der Waals surface area (Å²) >= 11 is 3.42. The molecule has 0 unspecified atom stereocenters. The van der Waals surface area contributed by atoms with Gasteiger partial charge in [0.2, 0.25) is 0 Å². The van der Waals surface area contributed by atoms with E-state index in [0.717, 1.165) is 15.8 Å². The summed E-state index contributed by atoms with van der Waals surface area (Å²) in [6.45, 7) is 0.528. The maximum absolute atomic E-state index is 12.9. The van der Waals surface area contributed by atoms with Crippen LogP contribution < -0.4 is 15.4 Å². The Hall–Kier alpha value is -3.85. The number of amides is 2. The average molecular weight is 509 g/mol. The molecule has 4 aromatic rings. The number of furan rings is 1. The van der Waals surface area contributed by atoms with E-state index in [1.165, 1.54) is 10.9 Å². The normalized spacial score (nSPS) is 10.6. The highest BCUT2D eigenvalue weighted by Crippen LogP contribution is 2.20. The number of aryl methyl sites for hydroxylation is 1. The summed E-state index contributed by atoms with van der Waals surface area (Å²) in [7, 11) is 1.68. The summed E-state index contributed by atoms with van der Waals surface area (Å²) in [4.78, 5) is 25.5. The van der Waals surface area contributed by atoms with E-state index in [-0.39, 0.29) is 18.1 Å². The molecule has 0 atom stereocenters. The molecule has 2 aromatic carbocycles. The van der Waals surface area contributed by atoms with Crippen molar-refractivity contribution in [3.05, 3.63) is 100 Å². The van der Waals surface area contributed by atoms with E-state index in [1.54, 1.807) is 43.6 Å². The Morgan fingerprint density at radius 1 is 1.09 bits per heavy atom. The monoisotopic (exact) mass is 508 g/mol. The van der Waals surface area contributed by atoms with E-state index in [2.05, 4.69) is 31.7 Å². The lowest BCUT2D eigenvalue weighted by atomic mass is 10.1. The van der Waals surface area contributed by atoms with Gasteiger partial charge in [-0.1, -0.05) is 34.1 Å². The fraction of sp³-hybridized carbons (Fsp3) is 0.125. The first-order valence-electron chi connectivity index (χ1n) is 10.1. The number of halogens is 1. The van der Waals surface area contributed by atoms with Crippen LogP contribution in [0, 0.1) is 0 Å². The van der Waals surface area contributed by atoms with Crippen LogP contribution in [0.2, 0.25) is 0 Å². The highest BCUT2D eigenvalue weighted by Gasteiger charge is 2.19. The lowest BCUT2D eigenvalue weighted by Gasteiger charge is -2.09. The molecule has 0 bridgehead atoms. The number of benzene rings is 2. The van der Waals surface area contributed by atoms with Crippen molar-refractivity contribution in [1.82, 2.24) is 15.1 Å². The number of hydrogen-bond donors (Lipinski definition) is 2. The van der Waals surface area contributed by atoms with Gasteiger partial charge >= 0.3 is 0 Å². The van der Waals surface area contributed by atoms with Crippen LogP contribution in [-0.2, 0) is 20.2 Å². The summed E-state index contributed by atoms with van der Waals surface area (Å²) in [5.74, 6) is 0.567. The van der Waals surface area contributed by atoms with E-state index in [0.29, 0.717) is 23.6 Å². The molecule has 0 spiro atoms. The summed E-state index contributed by atoms with van der Waals surface area (Å²) in [5.41, 5.74) is 1.71. The Morgan fingerprint density at radius 3 is 2.73 bits per heavy atom. The molecular formula is C24H21BrN4O4. The Morgan fingerprint density at radius 2 is 1.94 bits per heavy atom. The van der Waals surface area contributed by atoms with Crippen LogP contribution in [0.15, 0.2) is 82.0 Å². The zero-order valence-corrected chi connectivity index (χ0v) is 19.3. The van der Waals surface area contributed by atoms with Crippen molar-refractivity contribution < 1.29 is 18.7 Å². The highest BCUT2D eigenvalue weighted by molar-refractivity contribution is 9.10. The highest BCUT2D eigenvalue weighted by atomic mass is 79.9. The van der Waals surface area contributed by atoms with Gasteiger partial charge in [-0.3, -0.25) is 14.3 Å². The molecule has 0 saturated carbocycles. The second kappa shape index (κ2) is 10.2. The molecule has 0 aliphatic rings. The molecule has 4 rings (SSSR count). The number of nitrogens with one attached hydrogen (secondary N) is 2. The topological polar surface area (TPSA) is 98.4 Å². The molecule has 9 heteroatoms. The van der Waals surface area contributed by atoms with Crippen LogP contribution in [0.1, 0.15) is 32.2 Å². The van der Waals surface area contributed by atoms with Gasteiger partial charge in [0.05, 0.1) is 18.5 Å². The minimum Gasteiger partial charge on any atom is -0.489 e. The predicted octanol–water partition coefficient (Wildman–Crippen LogP) is 4.54. The summed E-state index contributed by atoms with van der Waals surface area (Å²) < 4.78 is 13.4. The van der Waals surface area contributed by atoms with Crippen LogP contribution in [0.25, 0.3) is 0 Å². The zero-order valence-electron chi connectivity index (χ0n) is 17.7. The Labute approximate surface area is 198 Å². The molecule has 2 aromatic heterocycles. The van der Waals surface area contributed by atoms with Gasteiger partial charge in [0, 0.05) is 23.3 Å². The smallest absolute Gasteiger partial charge is 0.274 e. The van der Waals surface area contributed by atoms with Crippen molar-refractivity contribution in [3.8, 4) is 5.75 Å².